The van der Waals surface area contributed by atoms with Crippen LogP contribution in [0.15, 0.2) is 0 Å². The van der Waals surface area contributed by atoms with Gasteiger partial charge in [0, 0.05) is 0 Å². The van der Waals surface area contributed by atoms with Crippen molar-refractivity contribution in [2.75, 3.05) is 19.6 Å². The van der Waals surface area contributed by atoms with Gasteiger partial charge in [-0.1, -0.05) is 52.9 Å². The van der Waals surface area contributed by atoms with Crippen molar-refractivity contribution >= 4 is 0 Å². The van der Waals surface area contributed by atoms with Crippen molar-refractivity contribution in [3.63, 3.8) is 0 Å². The highest BCUT2D eigenvalue weighted by molar-refractivity contribution is 4.59. The Morgan fingerprint density at radius 2 is 1.20 bits per heavy atom. The highest BCUT2D eigenvalue weighted by Gasteiger charge is 2.02. The first kappa shape index (κ1) is 15.0. The van der Waals surface area contributed by atoms with E-state index < -0.39 is 0 Å². The Labute approximate surface area is 97.2 Å². The van der Waals surface area contributed by atoms with Crippen molar-refractivity contribution in [3.05, 3.63) is 6.92 Å². The van der Waals surface area contributed by atoms with E-state index in [0.29, 0.717) is 0 Å². The standard InChI is InChI=1S/C14H30N/c1-4-7-10-13-15(12-9-6-3)14-11-8-5-2/h3-14H2,1-2H3. The van der Waals surface area contributed by atoms with Gasteiger partial charge in [-0.2, -0.15) is 0 Å². The summed E-state index contributed by atoms with van der Waals surface area (Å²) in [5.74, 6) is 0. The maximum Gasteiger partial charge on any atom is -0.00187 e. The van der Waals surface area contributed by atoms with E-state index in [1.807, 2.05) is 0 Å². The van der Waals surface area contributed by atoms with Crippen LogP contribution in [-0.2, 0) is 0 Å². The van der Waals surface area contributed by atoms with Crippen molar-refractivity contribution in [1.29, 1.82) is 0 Å². The molecule has 91 valence electrons. The largest absolute Gasteiger partial charge is 0.303 e. The van der Waals surface area contributed by atoms with Gasteiger partial charge in [-0.15, -0.1) is 0 Å². The maximum atomic E-state index is 3.92. The highest BCUT2D eigenvalue weighted by Crippen LogP contribution is 2.04. The molecule has 0 aliphatic heterocycles. The lowest BCUT2D eigenvalue weighted by atomic mass is 10.2. The first-order valence-corrected chi connectivity index (χ1v) is 6.86. The van der Waals surface area contributed by atoms with E-state index in [9.17, 15) is 0 Å². The predicted octanol–water partition coefficient (Wildman–Crippen LogP) is 4.28. The van der Waals surface area contributed by atoms with Crippen molar-refractivity contribution in [2.45, 2.75) is 65.2 Å². The average Bonchev–Trinajstić information content (AvgIpc) is 2.25. The Kier molecular flexibility index (Phi) is 12.0. The quantitative estimate of drug-likeness (QED) is 0.462. The molecule has 0 heterocycles. The third-order valence-corrected chi connectivity index (χ3v) is 2.88. The van der Waals surface area contributed by atoms with Crippen LogP contribution < -0.4 is 0 Å². The zero-order valence-electron chi connectivity index (χ0n) is 10.9. The van der Waals surface area contributed by atoms with Crippen LogP contribution in [-0.4, -0.2) is 24.5 Å². The molecular formula is C14H30N. The Morgan fingerprint density at radius 1 is 0.733 bits per heavy atom. The number of rotatable bonds is 11. The molecule has 1 nitrogen and oxygen atoms in total. The fraction of sp³-hybridized carbons (Fsp3) is 0.929. The fourth-order valence-electron chi connectivity index (χ4n) is 1.84. The van der Waals surface area contributed by atoms with Gasteiger partial charge < -0.3 is 4.90 Å². The van der Waals surface area contributed by atoms with E-state index in [2.05, 4.69) is 25.7 Å². The second-order valence-electron chi connectivity index (χ2n) is 4.46. The number of hydrogen-bond acceptors (Lipinski definition) is 1. The molecule has 1 heteroatoms. The molecule has 0 spiro atoms. The summed E-state index contributed by atoms with van der Waals surface area (Å²) in [5, 5.41) is 0. The summed E-state index contributed by atoms with van der Waals surface area (Å²) in [5.41, 5.74) is 0. The van der Waals surface area contributed by atoms with Crippen molar-refractivity contribution < 1.29 is 0 Å². The summed E-state index contributed by atoms with van der Waals surface area (Å²) >= 11 is 0. The van der Waals surface area contributed by atoms with Crippen LogP contribution in [0, 0.1) is 6.92 Å². The van der Waals surface area contributed by atoms with E-state index in [-0.39, 0.29) is 0 Å². The van der Waals surface area contributed by atoms with Gasteiger partial charge in [-0.3, -0.25) is 0 Å². The lowest BCUT2D eigenvalue weighted by Crippen LogP contribution is -2.27. The number of hydrogen-bond donors (Lipinski definition) is 0. The number of unbranched alkanes of at least 4 members (excludes halogenated alkanes) is 5. The molecule has 0 aromatic rings. The van der Waals surface area contributed by atoms with Crippen LogP contribution >= 0.6 is 0 Å². The van der Waals surface area contributed by atoms with Crippen molar-refractivity contribution in [1.82, 2.24) is 4.90 Å². The third-order valence-electron chi connectivity index (χ3n) is 2.88. The second-order valence-corrected chi connectivity index (χ2v) is 4.46. The van der Waals surface area contributed by atoms with Crippen LogP contribution in [0.1, 0.15) is 65.2 Å². The molecule has 15 heavy (non-hydrogen) atoms. The topological polar surface area (TPSA) is 3.24 Å². The van der Waals surface area contributed by atoms with Gasteiger partial charge in [0.25, 0.3) is 0 Å². The third kappa shape index (κ3) is 10.2. The lowest BCUT2D eigenvalue weighted by Gasteiger charge is -2.21. The smallest absolute Gasteiger partial charge is 0.00187 e. The summed E-state index contributed by atoms with van der Waals surface area (Å²) in [6.07, 6.45) is 10.5. The number of nitrogens with zero attached hydrogens (tertiary/aromatic N) is 1. The zero-order chi connectivity index (χ0) is 11.4. The van der Waals surface area contributed by atoms with E-state index in [1.54, 1.807) is 0 Å². The molecule has 0 N–H and O–H groups in total. The van der Waals surface area contributed by atoms with Gasteiger partial charge >= 0.3 is 0 Å². The summed E-state index contributed by atoms with van der Waals surface area (Å²) in [7, 11) is 0. The van der Waals surface area contributed by atoms with E-state index in [1.165, 1.54) is 64.6 Å². The summed E-state index contributed by atoms with van der Waals surface area (Å²) in [6.45, 7) is 12.3. The molecule has 0 bridgehead atoms. The lowest BCUT2D eigenvalue weighted by molar-refractivity contribution is 0.259. The minimum Gasteiger partial charge on any atom is -0.303 e. The summed E-state index contributed by atoms with van der Waals surface area (Å²) < 4.78 is 0. The molecule has 0 saturated carbocycles. The van der Waals surface area contributed by atoms with E-state index >= 15 is 0 Å². The van der Waals surface area contributed by atoms with Gasteiger partial charge in [0.1, 0.15) is 0 Å². The molecule has 0 aliphatic rings. The molecule has 0 atom stereocenters. The molecule has 0 amide bonds. The van der Waals surface area contributed by atoms with Crippen LogP contribution in [0.25, 0.3) is 0 Å². The van der Waals surface area contributed by atoms with Crippen molar-refractivity contribution in [3.8, 4) is 0 Å². The average molecular weight is 212 g/mol. The van der Waals surface area contributed by atoms with Gasteiger partial charge in [0.2, 0.25) is 0 Å². The highest BCUT2D eigenvalue weighted by atomic mass is 15.1. The maximum absolute atomic E-state index is 3.92. The first-order chi connectivity index (χ1) is 7.35. The minimum atomic E-state index is 1.08. The molecule has 0 fully saturated rings. The Bertz CT molecular complexity index is 102. The Balaban J connectivity index is 3.53. The van der Waals surface area contributed by atoms with Crippen LogP contribution in [0.4, 0.5) is 0 Å². The second kappa shape index (κ2) is 12.0. The van der Waals surface area contributed by atoms with Gasteiger partial charge in [-0.05, 0) is 38.9 Å². The van der Waals surface area contributed by atoms with E-state index in [4.69, 9.17) is 0 Å². The molecular weight excluding hydrogens is 182 g/mol. The van der Waals surface area contributed by atoms with E-state index in [0.717, 1.165) is 6.42 Å². The van der Waals surface area contributed by atoms with Crippen LogP contribution in [0.5, 0.6) is 0 Å². The van der Waals surface area contributed by atoms with Crippen LogP contribution in [0.2, 0.25) is 0 Å². The first-order valence-electron chi connectivity index (χ1n) is 6.86. The molecule has 1 radical (unpaired) electrons. The molecule has 0 rings (SSSR count). The summed E-state index contributed by atoms with van der Waals surface area (Å²) in [6, 6.07) is 0. The molecule has 0 saturated heterocycles. The predicted molar refractivity (Wildman–Crippen MR) is 70.1 cm³/mol. The Hall–Kier alpha value is -0.0400. The fourth-order valence-corrected chi connectivity index (χ4v) is 1.84. The SMILES string of the molecule is [CH2]CCCN(CCCCC)CCCCC. The molecule has 0 aromatic carbocycles. The Morgan fingerprint density at radius 3 is 1.60 bits per heavy atom. The van der Waals surface area contributed by atoms with Crippen molar-refractivity contribution in [2.24, 2.45) is 0 Å². The van der Waals surface area contributed by atoms with Gasteiger partial charge in [-0.25, -0.2) is 0 Å². The normalized spacial score (nSPS) is 11.2. The van der Waals surface area contributed by atoms with Crippen LogP contribution in [0.3, 0.4) is 0 Å². The zero-order valence-corrected chi connectivity index (χ0v) is 10.9. The molecule has 0 aliphatic carbocycles. The monoisotopic (exact) mass is 212 g/mol. The molecule has 0 unspecified atom stereocenters. The molecule has 0 aromatic heterocycles. The van der Waals surface area contributed by atoms with Gasteiger partial charge in [0.05, 0.1) is 0 Å². The minimum absolute atomic E-state index is 1.08. The van der Waals surface area contributed by atoms with Gasteiger partial charge in [0.15, 0.2) is 0 Å². The summed E-state index contributed by atoms with van der Waals surface area (Å²) in [4.78, 5) is 2.64.